The number of thiophene rings is 2. The predicted molar refractivity (Wildman–Crippen MR) is 339 cm³/mol. The molecule has 4 nitrogen and oxygen atoms in total. The lowest BCUT2D eigenvalue weighted by Crippen LogP contribution is -2.09. The number of hydrogen-bond donors (Lipinski definition) is 0. The monoisotopic (exact) mass is 1050 g/mol. The van der Waals surface area contributed by atoms with E-state index in [1.54, 1.807) is 22.7 Å². The molecule has 4 heterocycles. The first-order valence-electron chi connectivity index (χ1n) is 26.8. The zero-order valence-corrected chi connectivity index (χ0v) is 44.5. The van der Waals surface area contributed by atoms with Crippen LogP contribution >= 0.6 is 22.7 Å². The Bertz CT molecular complexity index is 5190. The number of aromatic nitrogens is 2. The van der Waals surface area contributed by atoms with E-state index in [1.165, 1.54) is 20.2 Å². The molecule has 0 N–H and O–H groups in total. The van der Waals surface area contributed by atoms with Crippen LogP contribution < -0.4 is 0 Å². The highest BCUT2D eigenvalue weighted by molar-refractivity contribution is 7.27. The fourth-order valence-electron chi connectivity index (χ4n) is 12.8. The molecule has 16 rings (SSSR count). The minimum Gasteiger partial charge on any atom is -0.318 e. The molecule has 12 aromatic carbocycles. The lowest BCUT2D eigenvalue weighted by molar-refractivity contribution is 1.14. The molecule has 80 heavy (non-hydrogen) atoms. The van der Waals surface area contributed by atoms with Gasteiger partial charge in [0.25, 0.3) is 0 Å². The van der Waals surface area contributed by atoms with E-state index in [4.69, 9.17) is 4.85 Å². The number of fused-ring (bicyclic) bond motifs is 14. The van der Waals surface area contributed by atoms with Crippen LogP contribution in [-0.2, 0) is 0 Å². The Balaban J connectivity index is 1.24. The first-order chi connectivity index (χ1) is 39.6. The molecule has 0 spiro atoms. The van der Waals surface area contributed by atoms with Crippen molar-refractivity contribution in [3.05, 3.63) is 272 Å². The summed E-state index contributed by atoms with van der Waals surface area (Å²) in [5.41, 5.74) is 15.6. The Morgan fingerprint density at radius 1 is 0.362 bits per heavy atom. The smallest absolute Gasteiger partial charge is 0.220 e. The second kappa shape index (κ2) is 18.1. The molecule has 0 fully saturated rings. The SMILES string of the molecule is [C-]#[N+]c1c(-c2ccccc2)c(C#N)c(-n2c3c(ccc4c5ccccc5sc43)c3c(-c4ccccc4)cc4c5ccccc5sc4c32)c(-c2cc(-c3ccccc3)cc(-c3ccccc3)c2)c1-n1c2ccccc2c2ccccc21. The fourth-order valence-corrected chi connectivity index (χ4v) is 15.2. The van der Waals surface area contributed by atoms with Crippen LogP contribution in [0.4, 0.5) is 5.69 Å². The lowest BCUT2D eigenvalue weighted by atomic mass is 9.86. The number of nitriles is 1. The third-order valence-corrected chi connectivity index (χ3v) is 18.5. The van der Waals surface area contributed by atoms with Gasteiger partial charge in [-0.05, 0) is 93.0 Å². The van der Waals surface area contributed by atoms with Crippen molar-refractivity contribution in [1.29, 1.82) is 5.26 Å². The van der Waals surface area contributed by atoms with Crippen LogP contribution in [0.25, 0.3) is 156 Å². The summed E-state index contributed by atoms with van der Waals surface area (Å²) >= 11 is 3.61. The van der Waals surface area contributed by atoms with E-state index in [0.717, 1.165) is 114 Å². The highest BCUT2D eigenvalue weighted by Gasteiger charge is 2.34. The first kappa shape index (κ1) is 45.8. The Hall–Kier alpha value is -10.3. The number of hydrogen-bond acceptors (Lipinski definition) is 3. The third-order valence-electron chi connectivity index (χ3n) is 16.1. The molecule has 0 atom stereocenters. The summed E-state index contributed by atoms with van der Waals surface area (Å²) in [6.07, 6.45) is 0. The molecule has 4 aromatic heterocycles. The Morgan fingerprint density at radius 3 is 1.39 bits per heavy atom. The van der Waals surface area contributed by atoms with E-state index < -0.39 is 0 Å². The molecule has 0 saturated carbocycles. The Kier molecular flexibility index (Phi) is 10.4. The third kappa shape index (κ3) is 6.77. The maximum Gasteiger partial charge on any atom is 0.220 e. The van der Waals surface area contributed by atoms with Gasteiger partial charge in [0.2, 0.25) is 5.69 Å². The second-order valence-corrected chi connectivity index (χ2v) is 22.5. The van der Waals surface area contributed by atoms with Crippen LogP contribution in [0.15, 0.2) is 255 Å². The molecular formula is C74H42N4S2. The van der Waals surface area contributed by atoms with Crippen LogP contribution in [0.1, 0.15) is 5.56 Å². The van der Waals surface area contributed by atoms with Gasteiger partial charge in [-0.3, -0.25) is 0 Å². The van der Waals surface area contributed by atoms with E-state index in [1.807, 2.05) is 18.2 Å². The molecule has 0 radical (unpaired) electrons. The lowest BCUT2D eigenvalue weighted by Gasteiger charge is -2.26. The van der Waals surface area contributed by atoms with E-state index in [9.17, 15) is 11.8 Å². The van der Waals surface area contributed by atoms with Crippen molar-refractivity contribution in [3.8, 4) is 73.1 Å². The maximum absolute atomic E-state index is 12.6. The second-order valence-electron chi connectivity index (χ2n) is 20.4. The van der Waals surface area contributed by atoms with E-state index >= 15 is 0 Å². The first-order valence-corrected chi connectivity index (χ1v) is 28.4. The van der Waals surface area contributed by atoms with E-state index in [2.05, 4.69) is 252 Å². The van der Waals surface area contributed by atoms with Crippen molar-refractivity contribution < 1.29 is 0 Å². The number of nitrogens with zero attached hydrogens (tertiary/aromatic N) is 4. The fraction of sp³-hybridized carbons (Fsp3) is 0. The van der Waals surface area contributed by atoms with Gasteiger partial charge in [0.1, 0.15) is 6.07 Å². The molecule has 0 amide bonds. The summed E-state index contributed by atoms with van der Waals surface area (Å²) in [5, 5.41) is 21.6. The summed E-state index contributed by atoms with van der Waals surface area (Å²) in [6, 6.07) is 93.5. The highest BCUT2D eigenvalue weighted by Crippen LogP contribution is 2.56. The van der Waals surface area contributed by atoms with Crippen molar-refractivity contribution in [2.75, 3.05) is 0 Å². The zero-order valence-electron chi connectivity index (χ0n) is 42.9. The minimum atomic E-state index is 0.397. The summed E-state index contributed by atoms with van der Waals surface area (Å²) < 4.78 is 9.44. The molecule has 370 valence electrons. The molecule has 0 bridgehead atoms. The van der Waals surface area contributed by atoms with Gasteiger partial charge in [0.15, 0.2) is 0 Å². The molecule has 0 unspecified atom stereocenters. The normalized spacial score (nSPS) is 11.7. The van der Waals surface area contributed by atoms with Gasteiger partial charge >= 0.3 is 0 Å². The van der Waals surface area contributed by atoms with Gasteiger partial charge in [-0.15, -0.1) is 22.7 Å². The summed E-state index contributed by atoms with van der Waals surface area (Å²) in [7, 11) is 0. The largest absolute Gasteiger partial charge is 0.318 e. The van der Waals surface area contributed by atoms with Crippen molar-refractivity contribution >= 4 is 112 Å². The van der Waals surface area contributed by atoms with Gasteiger partial charge in [-0.25, -0.2) is 4.85 Å². The van der Waals surface area contributed by atoms with Gasteiger partial charge in [0, 0.05) is 63.6 Å². The molecule has 0 aliphatic heterocycles. The quantitative estimate of drug-likeness (QED) is 0.147. The maximum atomic E-state index is 12.6. The van der Waals surface area contributed by atoms with E-state index in [0.29, 0.717) is 28.2 Å². The van der Waals surface area contributed by atoms with Gasteiger partial charge in [-0.2, -0.15) is 5.26 Å². The summed E-state index contributed by atoms with van der Waals surface area (Å²) in [6.45, 7) is 9.65. The van der Waals surface area contributed by atoms with Gasteiger partial charge in [-0.1, -0.05) is 206 Å². The molecule has 0 aliphatic carbocycles. The summed E-state index contributed by atoms with van der Waals surface area (Å²) in [5.74, 6) is 0. The molecular weight excluding hydrogens is 1010 g/mol. The average molecular weight is 1050 g/mol. The van der Waals surface area contributed by atoms with E-state index in [-0.39, 0.29) is 0 Å². The standard InChI is InChI=1S/C74H42N4S2/c1-76-68-65(48-28-12-5-13-29-48)60(44-75)69(66(71(68)77-61-34-18-14-30-52(61)53-31-15-19-35-62(53)77)51-41-49(45-22-6-2-7-23-45)40-50(42-51)46-24-8-3-9-25-46)78-70-57(39-38-56-54-32-16-20-36-63(54)79-73(56)70)67-58(47-26-10-4-11-27-47)43-59-55-33-17-21-37-64(55)80-74(59)72(67)78/h2-43H. The van der Waals surface area contributed by atoms with Crippen molar-refractivity contribution in [3.63, 3.8) is 0 Å². The Morgan fingerprint density at radius 2 is 0.825 bits per heavy atom. The number of benzene rings is 12. The van der Waals surface area contributed by atoms with Crippen LogP contribution in [0.5, 0.6) is 0 Å². The van der Waals surface area contributed by atoms with Crippen molar-refractivity contribution in [2.24, 2.45) is 0 Å². The minimum absolute atomic E-state index is 0.397. The Labute approximate surface area is 468 Å². The predicted octanol–water partition coefficient (Wildman–Crippen LogP) is 21.4. The van der Waals surface area contributed by atoms with Crippen LogP contribution in [0.3, 0.4) is 0 Å². The molecule has 6 heteroatoms. The van der Waals surface area contributed by atoms with Crippen LogP contribution in [0, 0.1) is 17.9 Å². The topological polar surface area (TPSA) is 38.0 Å². The van der Waals surface area contributed by atoms with Crippen LogP contribution in [-0.4, -0.2) is 9.13 Å². The summed E-state index contributed by atoms with van der Waals surface area (Å²) in [4.78, 5) is 4.70. The zero-order chi connectivity index (χ0) is 53.0. The van der Waals surface area contributed by atoms with Crippen LogP contribution in [0.2, 0.25) is 0 Å². The highest BCUT2D eigenvalue weighted by atomic mass is 32.1. The van der Waals surface area contributed by atoms with Crippen molar-refractivity contribution in [1.82, 2.24) is 9.13 Å². The molecule has 0 aliphatic rings. The van der Waals surface area contributed by atoms with Crippen molar-refractivity contribution in [2.45, 2.75) is 0 Å². The number of para-hydroxylation sites is 2. The van der Waals surface area contributed by atoms with Gasteiger partial charge < -0.3 is 9.13 Å². The average Bonchev–Trinajstić information content (AvgIpc) is 4.28. The number of rotatable bonds is 7. The molecule has 16 aromatic rings. The molecule has 0 saturated heterocycles. The van der Waals surface area contributed by atoms with Gasteiger partial charge in [0.05, 0.1) is 55.0 Å².